The van der Waals surface area contributed by atoms with Gasteiger partial charge in [-0.1, -0.05) is 12.2 Å². The number of amides is 1. The van der Waals surface area contributed by atoms with E-state index in [4.69, 9.17) is 5.73 Å². The van der Waals surface area contributed by atoms with Crippen LogP contribution in [0, 0.1) is 0 Å². The number of nitrogens with zero attached hydrogens (tertiary/aromatic N) is 1. The maximum Gasteiger partial charge on any atom is 0.223 e. The van der Waals surface area contributed by atoms with Gasteiger partial charge < -0.3 is 10.6 Å². The molecular weight excluding hydrogens is 164 g/mol. The van der Waals surface area contributed by atoms with Crippen LogP contribution in [0.2, 0.25) is 0 Å². The zero-order chi connectivity index (χ0) is 9.26. The van der Waals surface area contributed by atoms with Crippen molar-refractivity contribution >= 4 is 5.91 Å². The third-order valence-corrected chi connectivity index (χ3v) is 2.66. The molecule has 0 spiro atoms. The largest absolute Gasteiger partial charge is 0.400 e. The first-order valence-electron chi connectivity index (χ1n) is 4.70. The third-order valence-electron chi connectivity index (χ3n) is 2.66. The quantitative estimate of drug-likeness (QED) is 0.645. The Hall–Kier alpha value is -1.25. The zero-order valence-corrected chi connectivity index (χ0v) is 7.57. The first-order valence-corrected chi connectivity index (χ1v) is 4.70. The highest BCUT2D eigenvalue weighted by Gasteiger charge is 2.28. The topological polar surface area (TPSA) is 46.3 Å². The molecule has 1 atom stereocenters. The van der Waals surface area contributed by atoms with Gasteiger partial charge >= 0.3 is 0 Å². The molecule has 0 bridgehead atoms. The van der Waals surface area contributed by atoms with Gasteiger partial charge in [0, 0.05) is 18.7 Å². The summed E-state index contributed by atoms with van der Waals surface area (Å²) in [4.78, 5) is 13.3. The van der Waals surface area contributed by atoms with Crippen LogP contribution in [-0.4, -0.2) is 23.4 Å². The lowest BCUT2D eigenvalue weighted by atomic mass is 10.0. The summed E-state index contributed by atoms with van der Waals surface area (Å²) in [5.41, 5.74) is 6.65. The lowest BCUT2D eigenvalue weighted by molar-refractivity contribution is -0.129. The fourth-order valence-electron chi connectivity index (χ4n) is 1.94. The molecule has 0 radical (unpaired) electrons. The van der Waals surface area contributed by atoms with E-state index in [0.717, 1.165) is 25.1 Å². The number of nitrogens with two attached hydrogens (primary N) is 1. The highest BCUT2D eigenvalue weighted by Crippen LogP contribution is 2.21. The number of hydrogen-bond donors (Lipinski definition) is 1. The Morgan fingerprint density at radius 1 is 1.54 bits per heavy atom. The molecule has 0 aromatic heterocycles. The second kappa shape index (κ2) is 3.24. The highest BCUT2D eigenvalue weighted by molar-refractivity contribution is 5.78. The van der Waals surface area contributed by atoms with E-state index in [2.05, 4.69) is 6.08 Å². The van der Waals surface area contributed by atoms with Gasteiger partial charge in [-0.3, -0.25) is 4.79 Å². The van der Waals surface area contributed by atoms with Crippen LogP contribution in [0.1, 0.15) is 19.3 Å². The predicted octanol–water partition coefficient (Wildman–Crippen LogP) is 0.780. The Labute approximate surface area is 77.9 Å². The van der Waals surface area contributed by atoms with E-state index < -0.39 is 0 Å². The van der Waals surface area contributed by atoms with Crippen LogP contribution < -0.4 is 5.73 Å². The molecule has 1 heterocycles. The number of carbonyl (C=O) groups is 1. The summed E-state index contributed by atoms with van der Waals surface area (Å²) >= 11 is 0. The van der Waals surface area contributed by atoms with Crippen molar-refractivity contribution in [2.75, 3.05) is 6.54 Å². The summed E-state index contributed by atoms with van der Waals surface area (Å²) in [6.07, 6.45) is 8.44. The van der Waals surface area contributed by atoms with E-state index in [-0.39, 0.29) is 11.9 Å². The molecule has 0 aromatic rings. The average molecular weight is 178 g/mol. The maximum absolute atomic E-state index is 11.4. The van der Waals surface area contributed by atoms with Crippen LogP contribution in [-0.2, 0) is 4.79 Å². The summed E-state index contributed by atoms with van der Waals surface area (Å²) in [7, 11) is 0. The molecular formula is C10H14N2O. The second-order valence-electron chi connectivity index (χ2n) is 3.54. The van der Waals surface area contributed by atoms with Gasteiger partial charge in [0.15, 0.2) is 0 Å². The van der Waals surface area contributed by atoms with Crippen LogP contribution in [0.15, 0.2) is 23.9 Å². The number of carbonyl (C=O) groups excluding carboxylic acids is 1. The molecule has 1 aliphatic carbocycles. The minimum absolute atomic E-state index is 0.125. The van der Waals surface area contributed by atoms with Gasteiger partial charge in [0.1, 0.15) is 0 Å². The smallest absolute Gasteiger partial charge is 0.223 e. The lowest BCUT2D eigenvalue weighted by Crippen LogP contribution is -2.40. The highest BCUT2D eigenvalue weighted by atomic mass is 16.2. The molecule has 1 aliphatic heterocycles. The van der Waals surface area contributed by atoms with Crippen LogP contribution >= 0.6 is 0 Å². The fourth-order valence-corrected chi connectivity index (χ4v) is 1.94. The molecule has 3 heteroatoms. The molecule has 1 fully saturated rings. The Kier molecular flexibility index (Phi) is 2.08. The number of rotatable bonds is 1. The van der Waals surface area contributed by atoms with Gasteiger partial charge in [-0.25, -0.2) is 0 Å². The zero-order valence-electron chi connectivity index (χ0n) is 7.57. The third kappa shape index (κ3) is 1.46. The lowest BCUT2D eigenvalue weighted by Gasteiger charge is -2.28. The SMILES string of the molecule is NC1=CC=CCC1N1CCCC1=O. The molecule has 1 saturated heterocycles. The van der Waals surface area contributed by atoms with E-state index >= 15 is 0 Å². The molecule has 2 aliphatic rings. The van der Waals surface area contributed by atoms with Crippen molar-refractivity contribution in [1.29, 1.82) is 0 Å². The van der Waals surface area contributed by atoms with Crippen molar-refractivity contribution in [3.63, 3.8) is 0 Å². The Morgan fingerprint density at radius 3 is 3.00 bits per heavy atom. The van der Waals surface area contributed by atoms with E-state index in [0.29, 0.717) is 6.42 Å². The monoisotopic (exact) mass is 178 g/mol. The second-order valence-corrected chi connectivity index (χ2v) is 3.54. The van der Waals surface area contributed by atoms with Gasteiger partial charge in [0.25, 0.3) is 0 Å². The molecule has 2 N–H and O–H groups in total. The number of allylic oxidation sites excluding steroid dienone is 2. The van der Waals surface area contributed by atoms with Crippen LogP contribution in [0.25, 0.3) is 0 Å². The molecule has 0 saturated carbocycles. The summed E-state index contributed by atoms with van der Waals surface area (Å²) in [5, 5.41) is 0. The first kappa shape index (κ1) is 8.35. The van der Waals surface area contributed by atoms with E-state index in [1.54, 1.807) is 0 Å². The average Bonchev–Trinajstić information content (AvgIpc) is 2.52. The van der Waals surface area contributed by atoms with Gasteiger partial charge in [0.05, 0.1) is 6.04 Å². The Morgan fingerprint density at radius 2 is 2.38 bits per heavy atom. The first-order chi connectivity index (χ1) is 6.29. The summed E-state index contributed by atoms with van der Waals surface area (Å²) in [5.74, 6) is 0.247. The van der Waals surface area contributed by atoms with Crippen LogP contribution in [0.3, 0.4) is 0 Å². The van der Waals surface area contributed by atoms with E-state index in [9.17, 15) is 4.79 Å². The Bertz CT molecular complexity index is 281. The predicted molar refractivity (Wildman–Crippen MR) is 50.8 cm³/mol. The van der Waals surface area contributed by atoms with Crippen molar-refractivity contribution in [2.24, 2.45) is 5.73 Å². The van der Waals surface area contributed by atoms with E-state index in [1.807, 2.05) is 17.1 Å². The van der Waals surface area contributed by atoms with Crippen molar-refractivity contribution in [1.82, 2.24) is 4.90 Å². The fraction of sp³-hybridized carbons (Fsp3) is 0.500. The van der Waals surface area contributed by atoms with Gasteiger partial charge in [0.2, 0.25) is 5.91 Å². The van der Waals surface area contributed by atoms with Gasteiger partial charge in [-0.2, -0.15) is 0 Å². The molecule has 1 amide bonds. The minimum atomic E-state index is 0.125. The summed E-state index contributed by atoms with van der Waals surface area (Å²) < 4.78 is 0. The molecule has 2 rings (SSSR count). The van der Waals surface area contributed by atoms with Crippen molar-refractivity contribution in [3.05, 3.63) is 23.9 Å². The summed E-state index contributed by atoms with van der Waals surface area (Å²) in [6.45, 7) is 0.867. The minimum Gasteiger partial charge on any atom is -0.400 e. The van der Waals surface area contributed by atoms with Crippen molar-refractivity contribution < 1.29 is 4.79 Å². The van der Waals surface area contributed by atoms with Crippen molar-refractivity contribution in [3.8, 4) is 0 Å². The molecule has 13 heavy (non-hydrogen) atoms. The van der Waals surface area contributed by atoms with Gasteiger partial charge in [-0.05, 0) is 18.9 Å². The molecule has 70 valence electrons. The number of likely N-dealkylation sites (tertiary alicyclic amines) is 1. The molecule has 3 nitrogen and oxygen atoms in total. The molecule has 0 aromatic carbocycles. The van der Waals surface area contributed by atoms with Crippen LogP contribution in [0.4, 0.5) is 0 Å². The van der Waals surface area contributed by atoms with Crippen molar-refractivity contribution in [2.45, 2.75) is 25.3 Å². The molecule has 1 unspecified atom stereocenters. The normalized spacial score (nSPS) is 28.0. The Balaban J connectivity index is 2.12. The maximum atomic E-state index is 11.4. The number of hydrogen-bond acceptors (Lipinski definition) is 2. The van der Waals surface area contributed by atoms with Crippen LogP contribution in [0.5, 0.6) is 0 Å². The standard InChI is InChI=1S/C10H14N2O/c11-8-4-1-2-5-9(8)12-7-3-6-10(12)13/h1-2,4,9H,3,5-7,11H2. The van der Waals surface area contributed by atoms with Gasteiger partial charge in [-0.15, -0.1) is 0 Å². The summed E-state index contributed by atoms with van der Waals surface area (Å²) in [6, 6.07) is 0.125. The van der Waals surface area contributed by atoms with E-state index in [1.165, 1.54) is 0 Å².